The number of carbonyl (C=O) groups is 1. The van der Waals surface area contributed by atoms with Gasteiger partial charge in [0.15, 0.2) is 0 Å². The molecule has 0 spiro atoms. The molecule has 0 aliphatic carbocycles. The molecule has 2 aromatic rings. The zero-order valence-corrected chi connectivity index (χ0v) is 15.0. The number of benzene rings is 1. The summed E-state index contributed by atoms with van der Waals surface area (Å²) in [7, 11) is 0. The number of carbonyl (C=O) groups excluding carboxylic acids is 1. The number of fused-ring (bicyclic) bond motifs is 1. The van der Waals surface area contributed by atoms with Gasteiger partial charge in [0.1, 0.15) is 0 Å². The molecule has 136 valence electrons. The Labute approximate surface area is 148 Å². The van der Waals surface area contributed by atoms with Gasteiger partial charge in [0, 0.05) is 13.1 Å². The minimum atomic E-state index is -0.449. The number of para-hydroxylation sites is 1. The Balaban J connectivity index is 1.36. The van der Waals surface area contributed by atoms with Crippen LogP contribution in [0.4, 0.5) is 4.79 Å². The first-order valence-corrected chi connectivity index (χ1v) is 9.37. The van der Waals surface area contributed by atoms with E-state index in [1.54, 1.807) is 0 Å². The number of aromatic amines is 1. The van der Waals surface area contributed by atoms with Crippen molar-refractivity contribution in [1.29, 1.82) is 0 Å². The van der Waals surface area contributed by atoms with E-state index in [9.17, 15) is 4.79 Å². The van der Waals surface area contributed by atoms with E-state index in [1.807, 2.05) is 24.3 Å². The second-order valence-electron chi connectivity index (χ2n) is 6.82. The quantitative estimate of drug-likeness (QED) is 0.806. The minimum absolute atomic E-state index is 0.324. The molecule has 1 aromatic carbocycles. The normalized spacial score (nSPS) is 16.2. The summed E-state index contributed by atoms with van der Waals surface area (Å²) in [5.41, 5.74) is 0.858. The Hall–Kier alpha value is -2.08. The van der Waals surface area contributed by atoms with Crippen LogP contribution in [0.5, 0.6) is 5.88 Å². The van der Waals surface area contributed by atoms with Gasteiger partial charge in [-0.25, -0.2) is 4.79 Å². The molecule has 0 unspecified atom stereocenters. The van der Waals surface area contributed by atoms with Crippen molar-refractivity contribution < 1.29 is 9.53 Å². The number of hydrogen-bond donors (Lipinski definition) is 2. The van der Waals surface area contributed by atoms with E-state index in [4.69, 9.17) is 4.74 Å². The molecule has 1 saturated heterocycles. The first-order chi connectivity index (χ1) is 12.3. The van der Waals surface area contributed by atoms with Crippen molar-refractivity contribution in [1.82, 2.24) is 20.4 Å². The third-order valence-corrected chi connectivity index (χ3v) is 5.00. The van der Waals surface area contributed by atoms with Gasteiger partial charge in [-0.15, -0.1) is 5.10 Å². The largest absolute Gasteiger partial charge is 0.414 e. The van der Waals surface area contributed by atoms with Gasteiger partial charge >= 0.3 is 6.09 Å². The predicted molar refractivity (Wildman–Crippen MR) is 98.8 cm³/mol. The van der Waals surface area contributed by atoms with Gasteiger partial charge in [0.05, 0.1) is 10.9 Å². The van der Waals surface area contributed by atoms with Crippen LogP contribution in [0.2, 0.25) is 0 Å². The van der Waals surface area contributed by atoms with Gasteiger partial charge in [-0.3, -0.25) is 5.10 Å². The summed E-state index contributed by atoms with van der Waals surface area (Å²) in [5.74, 6) is 1.21. The maximum atomic E-state index is 12.0. The van der Waals surface area contributed by atoms with Crippen LogP contribution in [0, 0.1) is 5.92 Å². The fourth-order valence-corrected chi connectivity index (χ4v) is 3.45. The average molecular weight is 344 g/mol. The molecular weight excluding hydrogens is 316 g/mol. The maximum absolute atomic E-state index is 12.0. The monoisotopic (exact) mass is 344 g/mol. The third kappa shape index (κ3) is 4.95. The number of nitrogens with zero attached hydrogens (tertiary/aromatic N) is 2. The van der Waals surface area contributed by atoms with Crippen LogP contribution in [0.25, 0.3) is 10.9 Å². The Kier molecular flexibility index (Phi) is 6.28. The van der Waals surface area contributed by atoms with E-state index in [0.29, 0.717) is 12.4 Å². The lowest BCUT2D eigenvalue weighted by Crippen LogP contribution is -2.40. The summed E-state index contributed by atoms with van der Waals surface area (Å²) in [6.07, 6.45) is 6.12. The number of aromatic nitrogens is 2. The number of H-pyrrole nitrogens is 1. The van der Waals surface area contributed by atoms with Crippen molar-refractivity contribution in [2.75, 3.05) is 26.2 Å². The zero-order valence-electron chi connectivity index (χ0n) is 15.0. The topological polar surface area (TPSA) is 70.2 Å². The molecule has 2 N–H and O–H groups in total. The number of amides is 1. The highest BCUT2D eigenvalue weighted by Gasteiger charge is 2.18. The molecule has 2 heterocycles. The van der Waals surface area contributed by atoms with Gasteiger partial charge in [0.2, 0.25) is 0 Å². The molecule has 1 aliphatic rings. The number of piperidine rings is 1. The number of unbranched alkanes of at least 4 members (excludes halogenated alkanes) is 1. The van der Waals surface area contributed by atoms with Crippen LogP contribution in [0.15, 0.2) is 24.3 Å². The van der Waals surface area contributed by atoms with E-state index in [1.165, 1.54) is 32.1 Å². The summed E-state index contributed by atoms with van der Waals surface area (Å²) >= 11 is 0. The predicted octanol–water partition coefficient (Wildman–Crippen LogP) is 3.55. The number of ether oxygens (including phenoxy) is 1. The van der Waals surface area contributed by atoms with E-state index < -0.39 is 6.09 Å². The summed E-state index contributed by atoms with van der Waals surface area (Å²) in [6.45, 7) is 5.99. The minimum Gasteiger partial charge on any atom is -0.389 e. The lowest BCUT2D eigenvalue weighted by atomic mass is 9.92. The van der Waals surface area contributed by atoms with Gasteiger partial charge in [0.25, 0.3) is 5.88 Å². The Morgan fingerprint density at radius 1 is 1.36 bits per heavy atom. The SMILES string of the molecule is CCCCC1CCN(CCNC(=O)Oc2n[nH]c3ccccc23)CC1. The molecule has 1 aliphatic heterocycles. The number of hydrogen-bond acceptors (Lipinski definition) is 4. The first-order valence-electron chi connectivity index (χ1n) is 9.37. The van der Waals surface area contributed by atoms with Crippen molar-refractivity contribution in [2.45, 2.75) is 39.0 Å². The van der Waals surface area contributed by atoms with Crippen LogP contribution in [-0.4, -0.2) is 47.4 Å². The van der Waals surface area contributed by atoms with Gasteiger partial charge in [-0.1, -0.05) is 38.3 Å². The fraction of sp³-hybridized carbons (Fsp3) is 0.579. The smallest absolute Gasteiger partial charge is 0.389 e. The lowest BCUT2D eigenvalue weighted by Gasteiger charge is -2.31. The van der Waals surface area contributed by atoms with E-state index in [0.717, 1.165) is 36.5 Å². The molecule has 6 heteroatoms. The van der Waals surface area contributed by atoms with Gasteiger partial charge in [-0.05, 0) is 44.0 Å². The van der Waals surface area contributed by atoms with Crippen molar-refractivity contribution >= 4 is 17.0 Å². The van der Waals surface area contributed by atoms with Crippen LogP contribution < -0.4 is 10.1 Å². The maximum Gasteiger partial charge on any atom is 0.414 e. The highest BCUT2D eigenvalue weighted by Crippen LogP contribution is 2.23. The van der Waals surface area contributed by atoms with Crippen LogP contribution in [-0.2, 0) is 0 Å². The number of rotatable bonds is 7. The Morgan fingerprint density at radius 2 is 2.16 bits per heavy atom. The third-order valence-electron chi connectivity index (χ3n) is 5.00. The summed E-state index contributed by atoms with van der Waals surface area (Å²) in [4.78, 5) is 14.4. The summed E-state index contributed by atoms with van der Waals surface area (Å²) < 4.78 is 5.31. The van der Waals surface area contributed by atoms with Crippen molar-refractivity contribution in [2.24, 2.45) is 5.92 Å². The first kappa shape index (κ1) is 17.7. The molecule has 6 nitrogen and oxygen atoms in total. The number of nitrogens with one attached hydrogen (secondary N) is 2. The van der Waals surface area contributed by atoms with Crippen LogP contribution in [0.1, 0.15) is 39.0 Å². The molecular formula is C19H28N4O2. The molecule has 0 saturated carbocycles. The van der Waals surface area contributed by atoms with E-state index in [-0.39, 0.29) is 0 Å². The Morgan fingerprint density at radius 3 is 2.96 bits per heavy atom. The average Bonchev–Trinajstić information content (AvgIpc) is 3.04. The standard InChI is InChI=1S/C19H28N4O2/c1-2-3-6-15-9-12-23(13-10-15)14-11-20-19(24)25-18-16-7-4-5-8-17(16)21-22-18/h4-5,7-8,15H,2-3,6,9-14H2,1H3,(H,20,24)(H,21,22). The molecule has 0 radical (unpaired) electrons. The van der Waals surface area contributed by atoms with Crippen molar-refractivity contribution in [3.8, 4) is 5.88 Å². The molecule has 3 rings (SSSR count). The second-order valence-corrected chi connectivity index (χ2v) is 6.82. The molecule has 0 bridgehead atoms. The van der Waals surface area contributed by atoms with E-state index in [2.05, 4.69) is 27.3 Å². The zero-order chi connectivity index (χ0) is 17.5. The van der Waals surface area contributed by atoms with Gasteiger partial charge < -0.3 is 15.0 Å². The van der Waals surface area contributed by atoms with Crippen molar-refractivity contribution in [3.05, 3.63) is 24.3 Å². The fourth-order valence-electron chi connectivity index (χ4n) is 3.45. The van der Waals surface area contributed by atoms with Crippen LogP contribution >= 0.6 is 0 Å². The lowest BCUT2D eigenvalue weighted by molar-refractivity contribution is 0.172. The molecule has 0 atom stereocenters. The highest BCUT2D eigenvalue weighted by atomic mass is 16.6. The summed E-state index contributed by atoms with van der Waals surface area (Å²) in [5, 5.41) is 10.5. The molecule has 1 amide bonds. The number of likely N-dealkylation sites (tertiary alicyclic amines) is 1. The van der Waals surface area contributed by atoms with E-state index >= 15 is 0 Å². The molecule has 1 fully saturated rings. The van der Waals surface area contributed by atoms with Gasteiger partial charge in [-0.2, -0.15) is 0 Å². The highest BCUT2D eigenvalue weighted by molar-refractivity contribution is 5.86. The Bertz CT molecular complexity index is 677. The van der Waals surface area contributed by atoms with Crippen LogP contribution in [0.3, 0.4) is 0 Å². The van der Waals surface area contributed by atoms with Crippen molar-refractivity contribution in [3.63, 3.8) is 0 Å². The molecule has 25 heavy (non-hydrogen) atoms. The second kappa shape index (κ2) is 8.85. The molecule has 1 aromatic heterocycles. The summed E-state index contributed by atoms with van der Waals surface area (Å²) in [6, 6.07) is 7.59.